The molecule has 5 heteroatoms. The summed E-state index contributed by atoms with van der Waals surface area (Å²) < 4.78 is 0. The number of hydrogen-bond acceptors (Lipinski definition) is 3. The van der Waals surface area contributed by atoms with Crippen LogP contribution in [0, 0.1) is 0 Å². The highest BCUT2D eigenvalue weighted by Crippen LogP contribution is 2.26. The van der Waals surface area contributed by atoms with Crippen LogP contribution in [0.5, 0.6) is 0 Å². The van der Waals surface area contributed by atoms with Crippen LogP contribution in [0.4, 0.5) is 0 Å². The summed E-state index contributed by atoms with van der Waals surface area (Å²) in [6.07, 6.45) is 2.05. The predicted molar refractivity (Wildman–Crippen MR) is 83.5 cm³/mol. The molecular formula is C15H24ClN3O. The standard InChI is InChI=1S/C15H24ClN3O/c1-3-4-8-19(10-14(18)20)15(11(2)17)12-6-5-7-13(16)9-12/h5-7,9,11,15H,3-4,8,10,17H2,1-2H3,(H2,18,20). The molecule has 1 amide bonds. The van der Waals surface area contributed by atoms with Crippen LogP contribution in [0.2, 0.25) is 5.02 Å². The van der Waals surface area contributed by atoms with Gasteiger partial charge in [0.1, 0.15) is 0 Å². The normalized spacial score (nSPS) is 14.2. The molecule has 112 valence electrons. The number of carbonyl (C=O) groups is 1. The van der Waals surface area contributed by atoms with Crippen LogP contribution in [0.15, 0.2) is 24.3 Å². The van der Waals surface area contributed by atoms with Crippen LogP contribution in [-0.4, -0.2) is 29.9 Å². The molecular weight excluding hydrogens is 274 g/mol. The van der Waals surface area contributed by atoms with Gasteiger partial charge in [-0.1, -0.05) is 37.1 Å². The van der Waals surface area contributed by atoms with Gasteiger partial charge < -0.3 is 11.5 Å². The van der Waals surface area contributed by atoms with E-state index in [1.807, 2.05) is 36.1 Å². The lowest BCUT2D eigenvalue weighted by molar-refractivity contribution is -0.119. The molecule has 0 aliphatic rings. The zero-order valence-corrected chi connectivity index (χ0v) is 12.9. The number of hydrogen-bond donors (Lipinski definition) is 2. The van der Waals surface area contributed by atoms with Gasteiger partial charge in [0.25, 0.3) is 0 Å². The first-order valence-corrected chi connectivity index (χ1v) is 7.37. The molecule has 0 saturated carbocycles. The maximum atomic E-state index is 11.3. The maximum Gasteiger partial charge on any atom is 0.231 e. The Morgan fingerprint density at radius 3 is 2.65 bits per heavy atom. The molecule has 0 spiro atoms. The molecule has 0 bridgehead atoms. The van der Waals surface area contributed by atoms with Gasteiger partial charge in [0.2, 0.25) is 5.91 Å². The number of carbonyl (C=O) groups excluding carboxylic acids is 1. The Balaban J connectivity index is 3.03. The first-order chi connectivity index (χ1) is 9.45. The fourth-order valence-corrected chi connectivity index (χ4v) is 2.61. The van der Waals surface area contributed by atoms with E-state index in [2.05, 4.69) is 6.92 Å². The summed E-state index contributed by atoms with van der Waals surface area (Å²) >= 11 is 6.06. The zero-order valence-electron chi connectivity index (χ0n) is 12.2. The molecule has 1 aromatic rings. The van der Waals surface area contributed by atoms with Gasteiger partial charge in [-0.25, -0.2) is 0 Å². The molecule has 1 aromatic carbocycles. The van der Waals surface area contributed by atoms with E-state index in [9.17, 15) is 4.79 Å². The molecule has 0 aromatic heterocycles. The van der Waals surface area contributed by atoms with Crippen LogP contribution in [0.1, 0.15) is 38.3 Å². The van der Waals surface area contributed by atoms with E-state index >= 15 is 0 Å². The number of unbranched alkanes of at least 4 members (excludes halogenated alkanes) is 1. The largest absolute Gasteiger partial charge is 0.369 e. The minimum absolute atomic E-state index is 0.0623. The van der Waals surface area contributed by atoms with Crippen molar-refractivity contribution < 1.29 is 4.79 Å². The number of nitrogens with two attached hydrogens (primary N) is 2. The predicted octanol–water partition coefficient (Wildman–Crippen LogP) is 2.32. The highest BCUT2D eigenvalue weighted by Gasteiger charge is 2.25. The van der Waals surface area contributed by atoms with E-state index in [0.29, 0.717) is 5.02 Å². The summed E-state index contributed by atoms with van der Waals surface area (Å²) in [5, 5.41) is 0.669. The summed E-state index contributed by atoms with van der Waals surface area (Å²) in [6.45, 7) is 5.05. The first-order valence-electron chi connectivity index (χ1n) is 6.99. The fraction of sp³-hybridized carbons (Fsp3) is 0.533. The number of amides is 1. The van der Waals surface area contributed by atoms with Gasteiger partial charge in [-0.3, -0.25) is 9.69 Å². The summed E-state index contributed by atoms with van der Waals surface area (Å²) in [6, 6.07) is 7.43. The van der Waals surface area contributed by atoms with E-state index in [4.69, 9.17) is 23.1 Å². The molecule has 2 atom stereocenters. The minimum atomic E-state index is -0.339. The topological polar surface area (TPSA) is 72.3 Å². The van der Waals surface area contributed by atoms with E-state index in [1.54, 1.807) is 0 Å². The third kappa shape index (κ3) is 5.12. The minimum Gasteiger partial charge on any atom is -0.369 e. The van der Waals surface area contributed by atoms with Crippen molar-refractivity contribution in [1.82, 2.24) is 4.90 Å². The lowest BCUT2D eigenvalue weighted by Crippen LogP contribution is -2.44. The summed E-state index contributed by atoms with van der Waals surface area (Å²) in [4.78, 5) is 13.4. The number of primary amides is 1. The number of benzene rings is 1. The van der Waals surface area contributed by atoms with Crippen molar-refractivity contribution in [2.45, 2.75) is 38.8 Å². The molecule has 0 saturated heterocycles. The van der Waals surface area contributed by atoms with E-state index in [1.165, 1.54) is 0 Å². The molecule has 0 heterocycles. The smallest absolute Gasteiger partial charge is 0.231 e. The average Bonchev–Trinajstić information content (AvgIpc) is 2.35. The summed E-state index contributed by atoms with van der Waals surface area (Å²) in [5.41, 5.74) is 12.5. The van der Waals surface area contributed by atoms with Gasteiger partial charge >= 0.3 is 0 Å². The molecule has 0 radical (unpaired) electrons. The van der Waals surface area contributed by atoms with Crippen molar-refractivity contribution in [2.24, 2.45) is 11.5 Å². The Bertz CT molecular complexity index is 437. The van der Waals surface area contributed by atoms with Crippen molar-refractivity contribution in [3.8, 4) is 0 Å². The number of nitrogens with zero attached hydrogens (tertiary/aromatic N) is 1. The van der Waals surface area contributed by atoms with Crippen LogP contribution >= 0.6 is 11.6 Å². The molecule has 0 aliphatic carbocycles. The molecule has 4 nitrogen and oxygen atoms in total. The van der Waals surface area contributed by atoms with Crippen molar-refractivity contribution in [3.05, 3.63) is 34.9 Å². The Labute approximate surface area is 126 Å². The third-order valence-electron chi connectivity index (χ3n) is 3.24. The molecule has 4 N–H and O–H groups in total. The molecule has 1 rings (SSSR count). The molecule has 2 unspecified atom stereocenters. The zero-order chi connectivity index (χ0) is 15.1. The maximum absolute atomic E-state index is 11.3. The van der Waals surface area contributed by atoms with Crippen LogP contribution in [0.3, 0.4) is 0 Å². The van der Waals surface area contributed by atoms with Gasteiger partial charge in [0.05, 0.1) is 12.6 Å². The van der Waals surface area contributed by atoms with Crippen molar-refractivity contribution in [1.29, 1.82) is 0 Å². The molecule has 20 heavy (non-hydrogen) atoms. The SMILES string of the molecule is CCCCN(CC(N)=O)C(c1cccc(Cl)c1)C(C)N. The van der Waals surface area contributed by atoms with Crippen LogP contribution in [0.25, 0.3) is 0 Å². The van der Waals surface area contributed by atoms with Crippen molar-refractivity contribution >= 4 is 17.5 Å². The number of halogens is 1. The van der Waals surface area contributed by atoms with Gasteiger partial charge in [0.15, 0.2) is 0 Å². The van der Waals surface area contributed by atoms with Gasteiger partial charge in [-0.05, 0) is 37.6 Å². The monoisotopic (exact) mass is 297 g/mol. The lowest BCUT2D eigenvalue weighted by atomic mass is 9.98. The summed E-state index contributed by atoms with van der Waals surface area (Å²) in [5.74, 6) is -0.339. The molecule has 0 fully saturated rings. The highest BCUT2D eigenvalue weighted by molar-refractivity contribution is 6.30. The van der Waals surface area contributed by atoms with Crippen LogP contribution in [-0.2, 0) is 4.79 Å². The fourth-order valence-electron chi connectivity index (χ4n) is 2.42. The van der Waals surface area contributed by atoms with Crippen molar-refractivity contribution in [3.63, 3.8) is 0 Å². The Hall–Kier alpha value is -1.10. The van der Waals surface area contributed by atoms with Gasteiger partial charge in [-0.2, -0.15) is 0 Å². The second-order valence-electron chi connectivity index (χ2n) is 5.15. The third-order valence-corrected chi connectivity index (χ3v) is 3.47. The Kier molecular flexibility index (Phi) is 6.99. The quantitative estimate of drug-likeness (QED) is 0.773. The molecule has 0 aliphatic heterocycles. The van der Waals surface area contributed by atoms with E-state index < -0.39 is 0 Å². The number of rotatable bonds is 8. The highest BCUT2D eigenvalue weighted by atomic mass is 35.5. The van der Waals surface area contributed by atoms with E-state index in [-0.39, 0.29) is 24.5 Å². The second kappa shape index (κ2) is 8.25. The van der Waals surface area contributed by atoms with Crippen molar-refractivity contribution in [2.75, 3.05) is 13.1 Å². The Morgan fingerprint density at radius 1 is 1.45 bits per heavy atom. The average molecular weight is 298 g/mol. The summed E-state index contributed by atoms with van der Waals surface area (Å²) in [7, 11) is 0. The van der Waals surface area contributed by atoms with E-state index in [0.717, 1.165) is 24.9 Å². The Morgan fingerprint density at radius 2 is 2.15 bits per heavy atom. The lowest BCUT2D eigenvalue weighted by Gasteiger charge is -2.34. The first kappa shape index (κ1) is 17.0. The van der Waals surface area contributed by atoms with Gasteiger partial charge in [0, 0.05) is 11.1 Å². The van der Waals surface area contributed by atoms with Crippen LogP contribution < -0.4 is 11.5 Å². The van der Waals surface area contributed by atoms with Gasteiger partial charge in [-0.15, -0.1) is 0 Å². The second-order valence-corrected chi connectivity index (χ2v) is 5.59.